The Kier molecular flexibility index (Phi) is 3.59. The standard InChI is InChI=1S/C12H14N2O3/c1-8(15)14-12(2,7-13)9-4-5-10(16)11(6-9)17-3/h4-6,16H,1-3H3,(H,14,15). The molecule has 0 fully saturated rings. The lowest BCUT2D eigenvalue weighted by molar-refractivity contribution is -0.120. The molecule has 90 valence electrons. The molecule has 0 saturated carbocycles. The number of hydrogen-bond acceptors (Lipinski definition) is 4. The second-order valence-electron chi connectivity index (χ2n) is 3.80. The molecule has 0 radical (unpaired) electrons. The van der Waals surface area contributed by atoms with Gasteiger partial charge in [-0.05, 0) is 24.6 Å². The van der Waals surface area contributed by atoms with Crippen LogP contribution >= 0.6 is 0 Å². The highest BCUT2D eigenvalue weighted by Gasteiger charge is 2.28. The van der Waals surface area contributed by atoms with Crippen LogP contribution in [-0.2, 0) is 10.3 Å². The summed E-state index contributed by atoms with van der Waals surface area (Å²) in [5, 5.41) is 21.2. The number of carbonyl (C=O) groups excluding carboxylic acids is 1. The Morgan fingerprint density at radius 3 is 2.71 bits per heavy atom. The Labute approximate surface area is 99.6 Å². The van der Waals surface area contributed by atoms with Crippen molar-refractivity contribution in [1.82, 2.24) is 5.32 Å². The van der Waals surface area contributed by atoms with E-state index in [1.807, 2.05) is 6.07 Å². The molecule has 5 heteroatoms. The monoisotopic (exact) mass is 234 g/mol. The Morgan fingerprint density at radius 2 is 2.24 bits per heavy atom. The summed E-state index contributed by atoms with van der Waals surface area (Å²) in [5.74, 6) is -0.0604. The molecule has 0 spiro atoms. The number of aromatic hydroxyl groups is 1. The van der Waals surface area contributed by atoms with Crippen molar-refractivity contribution in [3.8, 4) is 17.6 Å². The maximum absolute atomic E-state index is 11.1. The van der Waals surface area contributed by atoms with Crippen LogP contribution in [0.25, 0.3) is 0 Å². The Morgan fingerprint density at radius 1 is 1.59 bits per heavy atom. The maximum atomic E-state index is 11.1. The van der Waals surface area contributed by atoms with Gasteiger partial charge in [0.05, 0.1) is 13.2 Å². The molecule has 1 atom stereocenters. The molecular formula is C12H14N2O3. The fourth-order valence-corrected chi connectivity index (χ4v) is 1.51. The number of carbonyl (C=O) groups is 1. The third-order valence-corrected chi connectivity index (χ3v) is 2.41. The summed E-state index contributed by atoms with van der Waals surface area (Å²) in [6.07, 6.45) is 0. The van der Waals surface area contributed by atoms with Gasteiger partial charge in [0.25, 0.3) is 0 Å². The summed E-state index contributed by atoms with van der Waals surface area (Å²) in [7, 11) is 1.42. The summed E-state index contributed by atoms with van der Waals surface area (Å²) < 4.78 is 4.96. The van der Waals surface area contributed by atoms with Crippen LogP contribution in [0.2, 0.25) is 0 Å². The number of hydrogen-bond donors (Lipinski definition) is 2. The highest BCUT2D eigenvalue weighted by molar-refractivity contribution is 5.74. The van der Waals surface area contributed by atoms with E-state index in [-0.39, 0.29) is 17.4 Å². The van der Waals surface area contributed by atoms with Gasteiger partial charge in [-0.15, -0.1) is 0 Å². The van der Waals surface area contributed by atoms with Crippen LogP contribution in [0.1, 0.15) is 19.4 Å². The first-order valence-electron chi connectivity index (χ1n) is 5.00. The number of amides is 1. The summed E-state index contributed by atoms with van der Waals surface area (Å²) in [4.78, 5) is 11.1. The van der Waals surface area contributed by atoms with Gasteiger partial charge >= 0.3 is 0 Å². The molecule has 0 aliphatic rings. The van der Waals surface area contributed by atoms with Gasteiger partial charge in [-0.25, -0.2) is 0 Å². The number of nitriles is 1. The molecule has 1 rings (SSSR count). The number of methoxy groups -OCH3 is 1. The Balaban J connectivity index is 3.22. The molecule has 17 heavy (non-hydrogen) atoms. The van der Waals surface area contributed by atoms with Crippen molar-refractivity contribution in [3.05, 3.63) is 23.8 Å². The number of benzene rings is 1. The minimum Gasteiger partial charge on any atom is -0.504 e. The normalized spacial score (nSPS) is 13.3. The van der Waals surface area contributed by atoms with E-state index in [9.17, 15) is 9.90 Å². The number of rotatable bonds is 3. The average molecular weight is 234 g/mol. The number of ether oxygens (including phenoxy) is 1. The molecule has 1 aromatic carbocycles. The molecular weight excluding hydrogens is 220 g/mol. The minimum absolute atomic E-state index is 0.0145. The van der Waals surface area contributed by atoms with Crippen molar-refractivity contribution in [1.29, 1.82) is 5.26 Å². The summed E-state index contributed by atoms with van der Waals surface area (Å²) >= 11 is 0. The predicted molar refractivity (Wildman–Crippen MR) is 61.4 cm³/mol. The summed E-state index contributed by atoms with van der Waals surface area (Å²) in [5.41, 5.74) is -0.600. The smallest absolute Gasteiger partial charge is 0.218 e. The van der Waals surface area contributed by atoms with Crippen LogP contribution in [0, 0.1) is 11.3 Å². The molecule has 0 bridgehead atoms. The van der Waals surface area contributed by atoms with E-state index >= 15 is 0 Å². The third kappa shape index (κ3) is 2.67. The van der Waals surface area contributed by atoms with Gasteiger partial charge in [0.1, 0.15) is 5.54 Å². The van der Waals surface area contributed by atoms with Crippen molar-refractivity contribution in [2.75, 3.05) is 7.11 Å². The van der Waals surface area contributed by atoms with E-state index in [1.165, 1.54) is 26.2 Å². The second kappa shape index (κ2) is 4.74. The van der Waals surface area contributed by atoms with E-state index in [0.717, 1.165) is 0 Å². The average Bonchev–Trinajstić information content (AvgIpc) is 2.28. The number of phenols is 1. The third-order valence-electron chi connectivity index (χ3n) is 2.41. The van der Waals surface area contributed by atoms with Gasteiger partial charge in [0.15, 0.2) is 11.5 Å². The highest BCUT2D eigenvalue weighted by Crippen LogP contribution is 2.31. The van der Waals surface area contributed by atoms with Gasteiger partial charge in [0.2, 0.25) is 5.91 Å². The van der Waals surface area contributed by atoms with E-state index in [1.54, 1.807) is 13.0 Å². The van der Waals surface area contributed by atoms with E-state index in [2.05, 4.69) is 5.32 Å². The molecule has 2 N–H and O–H groups in total. The predicted octanol–water partition coefficient (Wildman–Crippen LogP) is 1.28. The lowest BCUT2D eigenvalue weighted by Gasteiger charge is -2.23. The largest absolute Gasteiger partial charge is 0.504 e. The fourth-order valence-electron chi connectivity index (χ4n) is 1.51. The van der Waals surface area contributed by atoms with Gasteiger partial charge in [-0.3, -0.25) is 4.79 Å². The molecule has 0 aliphatic heterocycles. The van der Waals surface area contributed by atoms with Crippen LogP contribution in [0.15, 0.2) is 18.2 Å². The maximum Gasteiger partial charge on any atom is 0.218 e. The number of nitrogens with zero attached hydrogens (tertiary/aromatic N) is 1. The lowest BCUT2D eigenvalue weighted by Crippen LogP contribution is -2.41. The molecule has 0 aliphatic carbocycles. The van der Waals surface area contributed by atoms with E-state index in [4.69, 9.17) is 10.00 Å². The zero-order valence-corrected chi connectivity index (χ0v) is 9.94. The zero-order valence-electron chi connectivity index (χ0n) is 9.94. The van der Waals surface area contributed by atoms with Gasteiger partial charge in [-0.2, -0.15) is 5.26 Å². The van der Waals surface area contributed by atoms with Crippen molar-refractivity contribution in [2.24, 2.45) is 0 Å². The number of nitrogens with one attached hydrogen (secondary N) is 1. The first-order chi connectivity index (χ1) is 7.92. The quantitative estimate of drug-likeness (QED) is 0.825. The molecule has 0 saturated heterocycles. The van der Waals surface area contributed by atoms with Crippen molar-refractivity contribution in [3.63, 3.8) is 0 Å². The molecule has 5 nitrogen and oxygen atoms in total. The highest BCUT2D eigenvalue weighted by atomic mass is 16.5. The van der Waals surface area contributed by atoms with Crippen LogP contribution in [0.5, 0.6) is 11.5 Å². The summed E-state index contributed by atoms with van der Waals surface area (Å²) in [6.45, 7) is 2.92. The number of phenolic OH excluding ortho intramolecular Hbond substituents is 1. The van der Waals surface area contributed by atoms with Gasteiger partial charge in [0, 0.05) is 6.92 Å². The molecule has 1 amide bonds. The second-order valence-corrected chi connectivity index (χ2v) is 3.80. The summed E-state index contributed by atoms with van der Waals surface area (Å²) in [6, 6.07) is 6.54. The van der Waals surface area contributed by atoms with Crippen molar-refractivity contribution in [2.45, 2.75) is 19.4 Å². The first-order valence-corrected chi connectivity index (χ1v) is 5.00. The van der Waals surface area contributed by atoms with Crippen LogP contribution in [0.4, 0.5) is 0 Å². The fraction of sp³-hybridized carbons (Fsp3) is 0.333. The Bertz CT molecular complexity index is 479. The Hall–Kier alpha value is -2.22. The molecule has 0 heterocycles. The molecule has 1 aromatic rings. The van der Waals surface area contributed by atoms with Gasteiger partial charge in [-0.1, -0.05) is 6.07 Å². The van der Waals surface area contributed by atoms with Crippen LogP contribution in [0.3, 0.4) is 0 Å². The van der Waals surface area contributed by atoms with Crippen molar-refractivity contribution >= 4 is 5.91 Å². The first kappa shape index (κ1) is 12.8. The topological polar surface area (TPSA) is 82.3 Å². The van der Waals surface area contributed by atoms with Crippen LogP contribution in [-0.4, -0.2) is 18.1 Å². The van der Waals surface area contributed by atoms with Crippen LogP contribution < -0.4 is 10.1 Å². The lowest BCUT2D eigenvalue weighted by atomic mass is 9.93. The van der Waals surface area contributed by atoms with Crippen molar-refractivity contribution < 1.29 is 14.6 Å². The van der Waals surface area contributed by atoms with E-state index < -0.39 is 5.54 Å². The molecule has 1 unspecified atom stereocenters. The van der Waals surface area contributed by atoms with E-state index in [0.29, 0.717) is 5.56 Å². The molecule has 0 aromatic heterocycles. The zero-order chi connectivity index (χ0) is 13.1. The SMILES string of the molecule is COc1cc(C(C)(C#N)NC(C)=O)ccc1O. The minimum atomic E-state index is -1.15. The van der Waals surface area contributed by atoms with Gasteiger partial charge < -0.3 is 15.2 Å².